The Morgan fingerprint density at radius 3 is 2.44 bits per heavy atom. The van der Waals surface area contributed by atoms with E-state index in [0.717, 1.165) is 16.1 Å². The molecule has 0 spiro atoms. The molecule has 6 nitrogen and oxygen atoms in total. The molecule has 0 fully saturated rings. The van der Waals surface area contributed by atoms with Crippen LogP contribution < -0.4 is 14.4 Å². The fourth-order valence-corrected chi connectivity index (χ4v) is 2.70. The van der Waals surface area contributed by atoms with Crippen molar-refractivity contribution in [3.63, 3.8) is 0 Å². The first-order chi connectivity index (χ1) is 11.7. The molecule has 0 bridgehead atoms. The van der Waals surface area contributed by atoms with E-state index in [4.69, 9.17) is 16.3 Å². The molecular formula is C17H19ClN2O4S. The summed E-state index contributed by atoms with van der Waals surface area (Å²) in [6.45, 7) is 1.64. The third-order valence-corrected chi connectivity index (χ3v) is 5.22. The lowest BCUT2D eigenvalue weighted by Crippen LogP contribution is -2.24. The Kier molecular flexibility index (Phi) is 5.92. The van der Waals surface area contributed by atoms with Crippen LogP contribution in [0.1, 0.15) is 5.56 Å². The Morgan fingerprint density at radius 1 is 1.20 bits per heavy atom. The summed E-state index contributed by atoms with van der Waals surface area (Å²) in [5.41, 5.74) is 1.92. The molecule has 0 unspecified atom stereocenters. The number of carbonyl (C=O) groups is 1. The Morgan fingerprint density at radius 2 is 1.84 bits per heavy atom. The average Bonchev–Trinajstić information content (AvgIpc) is 2.56. The van der Waals surface area contributed by atoms with Crippen LogP contribution in [0.2, 0.25) is 5.02 Å². The molecule has 25 heavy (non-hydrogen) atoms. The van der Waals surface area contributed by atoms with Crippen molar-refractivity contribution in [1.29, 1.82) is 0 Å². The van der Waals surface area contributed by atoms with E-state index in [0.29, 0.717) is 22.1 Å². The summed E-state index contributed by atoms with van der Waals surface area (Å²) >= 11 is 6.01. The average molecular weight is 383 g/mol. The van der Waals surface area contributed by atoms with Crippen molar-refractivity contribution in [3.8, 4) is 5.75 Å². The lowest BCUT2D eigenvalue weighted by molar-refractivity contribution is -0.118. The predicted octanol–water partition coefficient (Wildman–Crippen LogP) is 3.06. The number of sulfonamides is 1. The highest BCUT2D eigenvalue weighted by molar-refractivity contribution is 7.92. The van der Waals surface area contributed by atoms with E-state index >= 15 is 0 Å². The molecule has 0 heterocycles. The molecule has 0 radical (unpaired) electrons. The summed E-state index contributed by atoms with van der Waals surface area (Å²) in [4.78, 5) is 12.0. The monoisotopic (exact) mass is 382 g/mol. The third-order valence-electron chi connectivity index (χ3n) is 3.61. The molecule has 0 aliphatic rings. The molecule has 2 aromatic carbocycles. The van der Waals surface area contributed by atoms with Crippen molar-refractivity contribution < 1.29 is 17.9 Å². The van der Waals surface area contributed by atoms with Gasteiger partial charge in [-0.3, -0.25) is 9.10 Å². The summed E-state index contributed by atoms with van der Waals surface area (Å²) in [6, 6.07) is 11.7. The minimum Gasteiger partial charge on any atom is -0.484 e. The van der Waals surface area contributed by atoms with Crippen LogP contribution in [0.15, 0.2) is 42.5 Å². The first-order valence-corrected chi connectivity index (χ1v) is 9.63. The number of hydrogen-bond acceptors (Lipinski definition) is 4. The van der Waals surface area contributed by atoms with Crippen molar-refractivity contribution in [2.24, 2.45) is 0 Å². The van der Waals surface area contributed by atoms with Crippen LogP contribution >= 0.6 is 11.6 Å². The second-order valence-electron chi connectivity index (χ2n) is 5.47. The molecule has 0 saturated heterocycles. The normalized spacial score (nSPS) is 11.0. The predicted molar refractivity (Wildman–Crippen MR) is 100 cm³/mol. The van der Waals surface area contributed by atoms with E-state index in [2.05, 4.69) is 5.32 Å². The largest absolute Gasteiger partial charge is 0.484 e. The number of ether oxygens (including phenoxy) is 1. The van der Waals surface area contributed by atoms with Gasteiger partial charge in [-0.1, -0.05) is 17.7 Å². The SMILES string of the molecule is Cc1c(Cl)cccc1NC(=O)COc1ccc(N(C)S(C)(=O)=O)cc1. The minimum absolute atomic E-state index is 0.173. The Labute approximate surface area is 152 Å². The second-order valence-corrected chi connectivity index (χ2v) is 7.89. The van der Waals surface area contributed by atoms with Gasteiger partial charge in [-0.15, -0.1) is 0 Å². The van der Waals surface area contributed by atoms with E-state index < -0.39 is 10.0 Å². The zero-order valence-corrected chi connectivity index (χ0v) is 15.7. The molecule has 2 rings (SSSR count). The van der Waals surface area contributed by atoms with Gasteiger partial charge in [0.05, 0.1) is 11.9 Å². The summed E-state index contributed by atoms with van der Waals surface area (Å²) in [7, 11) is -1.85. The van der Waals surface area contributed by atoms with E-state index in [9.17, 15) is 13.2 Å². The number of benzene rings is 2. The topological polar surface area (TPSA) is 75.7 Å². The Hall–Kier alpha value is -2.25. The maximum absolute atomic E-state index is 12.0. The lowest BCUT2D eigenvalue weighted by atomic mass is 10.2. The van der Waals surface area contributed by atoms with Crippen molar-refractivity contribution in [1.82, 2.24) is 0 Å². The molecule has 2 aromatic rings. The number of hydrogen-bond donors (Lipinski definition) is 1. The van der Waals surface area contributed by atoms with Crippen LogP contribution in [-0.4, -0.2) is 34.2 Å². The van der Waals surface area contributed by atoms with Gasteiger partial charge in [-0.05, 0) is 48.9 Å². The summed E-state index contributed by atoms with van der Waals surface area (Å²) in [5.74, 6) is 0.145. The molecule has 134 valence electrons. The second kappa shape index (κ2) is 7.76. The van der Waals surface area contributed by atoms with Crippen LogP contribution in [0.4, 0.5) is 11.4 Å². The van der Waals surface area contributed by atoms with E-state index in [1.165, 1.54) is 7.05 Å². The van der Waals surface area contributed by atoms with Crippen molar-refractivity contribution in [2.75, 3.05) is 29.5 Å². The van der Waals surface area contributed by atoms with Crippen molar-refractivity contribution >= 4 is 38.9 Å². The van der Waals surface area contributed by atoms with Gasteiger partial charge in [-0.25, -0.2) is 8.42 Å². The minimum atomic E-state index is -3.32. The molecule has 8 heteroatoms. The highest BCUT2D eigenvalue weighted by atomic mass is 35.5. The van der Waals surface area contributed by atoms with Crippen LogP contribution in [0.25, 0.3) is 0 Å². The van der Waals surface area contributed by atoms with E-state index in [-0.39, 0.29) is 12.5 Å². The quantitative estimate of drug-likeness (QED) is 0.833. The maximum Gasteiger partial charge on any atom is 0.262 e. The van der Waals surface area contributed by atoms with Crippen LogP contribution in [-0.2, 0) is 14.8 Å². The van der Waals surface area contributed by atoms with Crippen LogP contribution in [0, 0.1) is 6.92 Å². The number of carbonyl (C=O) groups excluding carboxylic acids is 1. The fourth-order valence-electron chi connectivity index (χ4n) is 2.02. The van der Waals surface area contributed by atoms with Gasteiger partial charge in [0.2, 0.25) is 10.0 Å². The van der Waals surface area contributed by atoms with Gasteiger partial charge in [-0.2, -0.15) is 0 Å². The number of amides is 1. The number of nitrogens with zero attached hydrogens (tertiary/aromatic N) is 1. The van der Waals surface area contributed by atoms with Gasteiger partial charge in [0, 0.05) is 17.8 Å². The fraction of sp³-hybridized carbons (Fsp3) is 0.235. The summed E-state index contributed by atoms with van der Waals surface area (Å²) in [5, 5.41) is 3.31. The molecule has 0 aliphatic heterocycles. The van der Waals surface area contributed by atoms with Gasteiger partial charge in [0.25, 0.3) is 5.91 Å². The Bertz CT molecular complexity index is 867. The Balaban J connectivity index is 1.95. The molecule has 1 N–H and O–H groups in total. The third kappa shape index (κ3) is 5.11. The highest BCUT2D eigenvalue weighted by Gasteiger charge is 2.12. The van der Waals surface area contributed by atoms with E-state index in [1.54, 1.807) is 42.5 Å². The molecule has 0 aliphatic carbocycles. The van der Waals surface area contributed by atoms with Gasteiger partial charge >= 0.3 is 0 Å². The highest BCUT2D eigenvalue weighted by Crippen LogP contribution is 2.23. The summed E-state index contributed by atoms with van der Waals surface area (Å²) in [6.07, 6.45) is 1.12. The molecular weight excluding hydrogens is 364 g/mol. The van der Waals surface area contributed by atoms with Gasteiger partial charge in [0.15, 0.2) is 6.61 Å². The molecule has 0 aromatic heterocycles. The van der Waals surface area contributed by atoms with Crippen LogP contribution in [0.5, 0.6) is 5.75 Å². The first-order valence-electron chi connectivity index (χ1n) is 7.40. The zero-order valence-electron chi connectivity index (χ0n) is 14.1. The van der Waals surface area contributed by atoms with E-state index in [1.807, 2.05) is 6.92 Å². The molecule has 1 amide bonds. The van der Waals surface area contributed by atoms with Crippen molar-refractivity contribution in [2.45, 2.75) is 6.92 Å². The lowest BCUT2D eigenvalue weighted by Gasteiger charge is -2.17. The zero-order chi connectivity index (χ0) is 18.6. The van der Waals surface area contributed by atoms with Crippen molar-refractivity contribution in [3.05, 3.63) is 53.1 Å². The number of anilines is 2. The molecule has 0 atom stereocenters. The maximum atomic E-state index is 12.0. The number of rotatable bonds is 6. The smallest absolute Gasteiger partial charge is 0.262 e. The van der Waals surface area contributed by atoms with Gasteiger partial charge in [0.1, 0.15) is 5.75 Å². The standard InChI is InChI=1S/C17H19ClN2O4S/c1-12-15(18)5-4-6-16(12)19-17(21)11-24-14-9-7-13(8-10-14)20(2)25(3,22)23/h4-10H,11H2,1-3H3,(H,19,21). The number of halogens is 1. The first kappa shape index (κ1) is 19.1. The van der Waals surface area contributed by atoms with Crippen LogP contribution in [0.3, 0.4) is 0 Å². The number of nitrogens with one attached hydrogen (secondary N) is 1. The van der Waals surface area contributed by atoms with Gasteiger partial charge < -0.3 is 10.1 Å². The summed E-state index contributed by atoms with van der Waals surface area (Å²) < 4.78 is 29.6. The molecule has 0 saturated carbocycles.